The fourth-order valence-corrected chi connectivity index (χ4v) is 4.81. The number of halogens is 1. The fourth-order valence-electron chi connectivity index (χ4n) is 2.53. The third-order valence-corrected chi connectivity index (χ3v) is 5.73. The number of hydrogen-bond acceptors (Lipinski definition) is 3. The van der Waals surface area contributed by atoms with Gasteiger partial charge in [0.15, 0.2) is 9.84 Å². The molecule has 1 N–H and O–H groups in total. The molecule has 1 heterocycles. The number of alkyl halides is 1. The van der Waals surface area contributed by atoms with Crippen LogP contribution in [0.25, 0.3) is 0 Å². The summed E-state index contributed by atoms with van der Waals surface area (Å²) in [5, 5.41) is 9.42. The van der Waals surface area contributed by atoms with Crippen LogP contribution in [-0.4, -0.2) is 30.9 Å². The minimum atomic E-state index is -2.86. The van der Waals surface area contributed by atoms with Gasteiger partial charge in [0.05, 0.1) is 11.5 Å². The highest BCUT2D eigenvalue weighted by molar-refractivity contribution is 7.91. The molecule has 0 amide bonds. The molecule has 2 unspecified atom stereocenters. The van der Waals surface area contributed by atoms with Crippen molar-refractivity contribution < 1.29 is 13.5 Å². The Kier molecular flexibility index (Phi) is 4.17. The van der Waals surface area contributed by atoms with Crippen molar-refractivity contribution in [1.29, 1.82) is 0 Å². The van der Waals surface area contributed by atoms with E-state index in [2.05, 4.69) is 0 Å². The number of hydrogen-bond donors (Lipinski definition) is 1. The summed E-state index contributed by atoms with van der Waals surface area (Å²) in [5.41, 5.74) is 1.00. The Morgan fingerprint density at radius 3 is 2.78 bits per heavy atom. The lowest BCUT2D eigenvalue weighted by atomic mass is 9.88. The standard InChI is InChI=1S/C13H17ClO3S/c14-8-12(11-4-5-18(16,17)9-11)6-10-2-1-3-13(15)7-10/h1-3,7,11-12,15H,4-6,8-9H2. The molecular formula is C13H17ClO3S. The minimum absolute atomic E-state index is 0.148. The van der Waals surface area contributed by atoms with Gasteiger partial charge in [-0.15, -0.1) is 11.6 Å². The van der Waals surface area contributed by atoms with Gasteiger partial charge < -0.3 is 5.11 Å². The van der Waals surface area contributed by atoms with Crippen molar-refractivity contribution in [2.45, 2.75) is 12.8 Å². The number of rotatable bonds is 4. The molecule has 100 valence electrons. The molecule has 1 aromatic rings. The Bertz CT molecular complexity index is 513. The van der Waals surface area contributed by atoms with Gasteiger partial charge in [-0.2, -0.15) is 0 Å². The first kappa shape index (κ1) is 13.7. The molecule has 0 bridgehead atoms. The first-order valence-corrected chi connectivity index (χ1v) is 8.40. The smallest absolute Gasteiger partial charge is 0.150 e. The van der Waals surface area contributed by atoms with Gasteiger partial charge in [-0.3, -0.25) is 0 Å². The van der Waals surface area contributed by atoms with Gasteiger partial charge in [-0.1, -0.05) is 12.1 Å². The van der Waals surface area contributed by atoms with Crippen LogP contribution in [0.1, 0.15) is 12.0 Å². The van der Waals surface area contributed by atoms with Gasteiger partial charge in [0, 0.05) is 5.88 Å². The van der Waals surface area contributed by atoms with Crippen LogP contribution in [0.5, 0.6) is 5.75 Å². The zero-order valence-corrected chi connectivity index (χ0v) is 11.6. The summed E-state index contributed by atoms with van der Waals surface area (Å²) in [6.07, 6.45) is 1.43. The van der Waals surface area contributed by atoms with E-state index in [1.807, 2.05) is 6.07 Å². The van der Waals surface area contributed by atoms with Crippen LogP contribution in [-0.2, 0) is 16.3 Å². The van der Waals surface area contributed by atoms with E-state index in [9.17, 15) is 13.5 Å². The molecule has 0 aromatic heterocycles. The second-order valence-corrected chi connectivity index (χ2v) is 7.49. The highest BCUT2D eigenvalue weighted by atomic mass is 35.5. The minimum Gasteiger partial charge on any atom is -0.508 e. The van der Waals surface area contributed by atoms with E-state index >= 15 is 0 Å². The molecule has 18 heavy (non-hydrogen) atoms. The fraction of sp³-hybridized carbons (Fsp3) is 0.538. The zero-order chi connectivity index (χ0) is 13.2. The lowest BCUT2D eigenvalue weighted by Gasteiger charge is -2.20. The molecule has 1 aliphatic rings. The first-order valence-electron chi connectivity index (χ1n) is 6.04. The predicted molar refractivity (Wildman–Crippen MR) is 72.8 cm³/mol. The van der Waals surface area contributed by atoms with Crippen LogP contribution < -0.4 is 0 Å². The number of phenolic OH excluding ortho intramolecular Hbond substituents is 1. The summed E-state index contributed by atoms with van der Waals surface area (Å²) in [4.78, 5) is 0. The van der Waals surface area contributed by atoms with E-state index in [1.54, 1.807) is 18.2 Å². The average Bonchev–Trinajstić information content (AvgIpc) is 2.66. The van der Waals surface area contributed by atoms with Crippen molar-refractivity contribution in [2.24, 2.45) is 11.8 Å². The Labute approximate surface area is 113 Å². The summed E-state index contributed by atoms with van der Waals surface area (Å²) in [5.74, 6) is 1.53. The monoisotopic (exact) mass is 288 g/mol. The van der Waals surface area contributed by atoms with Gasteiger partial charge in [0.25, 0.3) is 0 Å². The molecule has 2 atom stereocenters. The molecule has 1 aliphatic heterocycles. The van der Waals surface area contributed by atoms with Gasteiger partial charge in [0.1, 0.15) is 5.75 Å². The summed E-state index contributed by atoms with van der Waals surface area (Å²) in [6, 6.07) is 7.06. The van der Waals surface area contributed by atoms with Gasteiger partial charge in [0.2, 0.25) is 0 Å². The SMILES string of the molecule is O=S1(=O)CCC(C(CCl)Cc2cccc(O)c2)C1. The largest absolute Gasteiger partial charge is 0.508 e. The van der Waals surface area contributed by atoms with Crippen molar-refractivity contribution in [3.63, 3.8) is 0 Å². The van der Waals surface area contributed by atoms with Crippen molar-refractivity contribution in [1.82, 2.24) is 0 Å². The Morgan fingerprint density at radius 2 is 2.22 bits per heavy atom. The maximum Gasteiger partial charge on any atom is 0.150 e. The third-order valence-electron chi connectivity index (χ3n) is 3.54. The summed E-state index contributed by atoms with van der Waals surface area (Å²) in [6.45, 7) is 0. The quantitative estimate of drug-likeness (QED) is 0.865. The lowest BCUT2D eigenvalue weighted by Crippen LogP contribution is -2.20. The van der Waals surface area contributed by atoms with Crippen molar-refractivity contribution >= 4 is 21.4 Å². The summed E-state index contributed by atoms with van der Waals surface area (Å²) in [7, 11) is -2.86. The van der Waals surface area contributed by atoms with Crippen molar-refractivity contribution in [2.75, 3.05) is 17.4 Å². The lowest BCUT2D eigenvalue weighted by molar-refractivity contribution is 0.397. The van der Waals surface area contributed by atoms with Crippen LogP contribution in [0.3, 0.4) is 0 Å². The zero-order valence-electron chi connectivity index (χ0n) is 10.0. The number of phenols is 1. The van der Waals surface area contributed by atoms with E-state index in [4.69, 9.17) is 11.6 Å². The Balaban J connectivity index is 2.06. The predicted octanol–water partition coefficient (Wildman–Crippen LogP) is 2.22. The Hall–Kier alpha value is -0.740. The molecule has 1 saturated heterocycles. The van der Waals surface area contributed by atoms with E-state index in [-0.39, 0.29) is 29.1 Å². The van der Waals surface area contributed by atoms with E-state index < -0.39 is 9.84 Å². The molecule has 2 rings (SSSR count). The van der Waals surface area contributed by atoms with Crippen LogP contribution in [0.2, 0.25) is 0 Å². The van der Waals surface area contributed by atoms with Crippen LogP contribution in [0, 0.1) is 11.8 Å². The molecule has 0 saturated carbocycles. The van der Waals surface area contributed by atoms with Crippen LogP contribution in [0.4, 0.5) is 0 Å². The maximum absolute atomic E-state index is 11.5. The molecule has 0 aliphatic carbocycles. The molecule has 3 nitrogen and oxygen atoms in total. The Morgan fingerprint density at radius 1 is 1.44 bits per heavy atom. The second-order valence-electron chi connectivity index (χ2n) is 4.95. The molecular weight excluding hydrogens is 272 g/mol. The number of sulfone groups is 1. The molecule has 1 aromatic carbocycles. The average molecular weight is 289 g/mol. The molecule has 0 spiro atoms. The van der Waals surface area contributed by atoms with Gasteiger partial charge >= 0.3 is 0 Å². The topological polar surface area (TPSA) is 54.4 Å². The number of benzene rings is 1. The molecule has 1 fully saturated rings. The van der Waals surface area contributed by atoms with E-state index in [1.165, 1.54) is 0 Å². The first-order chi connectivity index (χ1) is 8.50. The summed E-state index contributed by atoms with van der Waals surface area (Å²) >= 11 is 5.97. The molecule has 5 heteroatoms. The highest BCUT2D eigenvalue weighted by Gasteiger charge is 2.33. The summed E-state index contributed by atoms with van der Waals surface area (Å²) < 4.78 is 23.0. The number of aromatic hydroxyl groups is 1. The second kappa shape index (κ2) is 5.49. The third kappa shape index (κ3) is 3.39. The van der Waals surface area contributed by atoms with Crippen LogP contribution >= 0.6 is 11.6 Å². The maximum atomic E-state index is 11.5. The van der Waals surface area contributed by atoms with Gasteiger partial charge in [-0.05, 0) is 42.4 Å². The van der Waals surface area contributed by atoms with Crippen LogP contribution in [0.15, 0.2) is 24.3 Å². The highest BCUT2D eigenvalue weighted by Crippen LogP contribution is 2.30. The molecule has 0 radical (unpaired) electrons. The van der Waals surface area contributed by atoms with Gasteiger partial charge in [-0.25, -0.2) is 8.42 Å². The van der Waals surface area contributed by atoms with Crippen molar-refractivity contribution in [3.8, 4) is 5.75 Å². The normalized spacial score (nSPS) is 23.9. The van der Waals surface area contributed by atoms with Crippen molar-refractivity contribution in [3.05, 3.63) is 29.8 Å². The van der Waals surface area contributed by atoms with E-state index in [0.29, 0.717) is 12.3 Å². The van der Waals surface area contributed by atoms with E-state index in [0.717, 1.165) is 12.0 Å².